The minimum absolute atomic E-state index is 0.0423. The predicted octanol–water partition coefficient (Wildman–Crippen LogP) is 5.75. The number of furan rings is 1. The van der Waals surface area contributed by atoms with Crippen LogP contribution >= 0.6 is 0 Å². The first kappa shape index (κ1) is 23.4. The molecule has 0 atom stereocenters. The molecule has 1 aliphatic heterocycles. The van der Waals surface area contributed by atoms with Crippen molar-refractivity contribution in [3.05, 3.63) is 89.3 Å². The number of benzene rings is 2. The lowest BCUT2D eigenvalue weighted by atomic mass is 10.1. The molecule has 34 heavy (non-hydrogen) atoms. The average Bonchev–Trinajstić information content (AvgIpc) is 3.32. The van der Waals surface area contributed by atoms with Gasteiger partial charge in [0.05, 0.1) is 5.56 Å². The predicted molar refractivity (Wildman–Crippen MR) is 121 cm³/mol. The van der Waals surface area contributed by atoms with Gasteiger partial charge in [0.2, 0.25) is 0 Å². The van der Waals surface area contributed by atoms with Crippen LogP contribution in [-0.4, -0.2) is 29.8 Å². The smallest absolute Gasteiger partial charge is 0.416 e. The molecular weight excluding hydrogens is 445 g/mol. The van der Waals surface area contributed by atoms with Gasteiger partial charge in [0.25, 0.3) is 11.8 Å². The van der Waals surface area contributed by atoms with Crippen LogP contribution in [0.1, 0.15) is 40.9 Å². The van der Waals surface area contributed by atoms with E-state index in [1.165, 1.54) is 24.3 Å². The van der Waals surface area contributed by atoms with Gasteiger partial charge in [-0.05, 0) is 55.7 Å². The molecule has 0 unspecified atom stereocenters. The second-order valence-corrected chi connectivity index (χ2v) is 8.01. The number of carbonyl (C=O) groups excluding carboxylic acids is 2. The third-order valence-corrected chi connectivity index (χ3v) is 5.55. The van der Waals surface area contributed by atoms with Crippen molar-refractivity contribution in [2.45, 2.75) is 25.4 Å². The minimum Gasteiger partial charge on any atom is -0.457 e. The van der Waals surface area contributed by atoms with Gasteiger partial charge < -0.3 is 14.6 Å². The van der Waals surface area contributed by atoms with Gasteiger partial charge >= 0.3 is 6.18 Å². The number of amides is 2. The van der Waals surface area contributed by atoms with Gasteiger partial charge in [0.15, 0.2) is 0 Å². The number of hydrogen-bond acceptors (Lipinski definition) is 3. The highest BCUT2D eigenvalue weighted by Crippen LogP contribution is 2.33. The molecule has 1 aliphatic rings. The molecule has 5 nitrogen and oxygen atoms in total. The van der Waals surface area contributed by atoms with E-state index < -0.39 is 17.6 Å². The first-order valence-electron chi connectivity index (χ1n) is 11.0. The van der Waals surface area contributed by atoms with Gasteiger partial charge in [-0.1, -0.05) is 30.3 Å². The van der Waals surface area contributed by atoms with Crippen LogP contribution in [0.2, 0.25) is 0 Å². The number of halogens is 3. The van der Waals surface area contributed by atoms with Gasteiger partial charge in [-0.25, -0.2) is 0 Å². The van der Waals surface area contributed by atoms with Gasteiger partial charge in [-0.15, -0.1) is 0 Å². The lowest BCUT2D eigenvalue weighted by molar-refractivity contribution is -0.137. The molecule has 1 N–H and O–H groups in total. The van der Waals surface area contributed by atoms with Crippen LogP contribution in [0.25, 0.3) is 17.4 Å². The standard InChI is InChI=1S/C26H23F3N2O3/c27-26(28,29)20-11-7-10-19(16-20)23-13-12-21(34-23)17-22(25(33)31-14-5-2-6-15-31)30-24(32)18-8-3-1-4-9-18/h1,3-4,7-13,16-17H,2,5-6,14-15H2,(H,30,32). The quantitative estimate of drug-likeness (QED) is 0.485. The molecule has 0 bridgehead atoms. The molecule has 3 aromatic rings. The molecule has 2 aromatic carbocycles. The Morgan fingerprint density at radius 2 is 1.65 bits per heavy atom. The number of likely N-dealkylation sites (tertiary alicyclic amines) is 1. The fourth-order valence-corrected chi connectivity index (χ4v) is 3.78. The van der Waals surface area contributed by atoms with Crippen LogP contribution < -0.4 is 5.32 Å². The molecule has 4 rings (SSSR count). The first-order chi connectivity index (χ1) is 16.3. The summed E-state index contributed by atoms with van der Waals surface area (Å²) in [5.74, 6) is -0.319. The highest BCUT2D eigenvalue weighted by Gasteiger charge is 2.30. The van der Waals surface area contributed by atoms with Crippen molar-refractivity contribution in [3.8, 4) is 11.3 Å². The number of carbonyl (C=O) groups is 2. The molecule has 2 amide bonds. The highest BCUT2D eigenvalue weighted by atomic mass is 19.4. The summed E-state index contributed by atoms with van der Waals surface area (Å²) in [5, 5.41) is 2.68. The number of nitrogens with one attached hydrogen (secondary N) is 1. The zero-order chi connectivity index (χ0) is 24.1. The maximum absolute atomic E-state index is 13.2. The second-order valence-electron chi connectivity index (χ2n) is 8.01. The number of rotatable bonds is 5. The van der Waals surface area contributed by atoms with E-state index in [-0.39, 0.29) is 28.7 Å². The first-order valence-corrected chi connectivity index (χ1v) is 11.0. The van der Waals surface area contributed by atoms with Gasteiger partial charge in [0, 0.05) is 30.3 Å². The molecule has 176 valence electrons. The number of piperidine rings is 1. The SMILES string of the molecule is O=C(NC(=Cc1ccc(-c2cccc(C(F)(F)F)c2)o1)C(=O)N1CCCCC1)c1ccccc1. The van der Waals surface area contributed by atoms with E-state index in [2.05, 4.69) is 5.32 Å². The maximum Gasteiger partial charge on any atom is 0.416 e. The normalized spacial score (nSPS) is 14.7. The van der Waals surface area contributed by atoms with Crippen molar-refractivity contribution in [3.63, 3.8) is 0 Å². The minimum atomic E-state index is -4.47. The summed E-state index contributed by atoms with van der Waals surface area (Å²) in [7, 11) is 0. The summed E-state index contributed by atoms with van der Waals surface area (Å²) in [5.41, 5.74) is -0.0917. The molecule has 1 aromatic heterocycles. The third-order valence-electron chi connectivity index (χ3n) is 5.55. The fourth-order valence-electron chi connectivity index (χ4n) is 3.78. The Morgan fingerprint density at radius 3 is 2.35 bits per heavy atom. The Kier molecular flexibility index (Phi) is 6.86. The van der Waals surface area contributed by atoms with E-state index in [1.54, 1.807) is 41.3 Å². The largest absolute Gasteiger partial charge is 0.457 e. The van der Waals surface area contributed by atoms with Crippen LogP contribution in [0.4, 0.5) is 13.2 Å². The van der Waals surface area contributed by atoms with Crippen molar-refractivity contribution in [1.82, 2.24) is 10.2 Å². The van der Waals surface area contributed by atoms with Crippen molar-refractivity contribution in [2.24, 2.45) is 0 Å². The van der Waals surface area contributed by atoms with Crippen LogP contribution in [0.5, 0.6) is 0 Å². The summed E-state index contributed by atoms with van der Waals surface area (Å²) in [4.78, 5) is 27.6. The third kappa shape index (κ3) is 5.57. The number of hydrogen-bond donors (Lipinski definition) is 1. The molecule has 0 aliphatic carbocycles. The molecular formula is C26H23F3N2O3. The van der Waals surface area contributed by atoms with Gasteiger partial charge in [-0.3, -0.25) is 9.59 Å². The summed E-state index contributed by atoms with van der Waals surface area (Å²) in [6.45, 7) is 1.18. The zero-order valence-corrected chi connectivity index (χ0v) is 18.3. The summed E-state index contributed by atoms with van der Waals surface area (Å²) >= 11 is 0. The van der Waals surface area contributed by atoms with Crippen molar-refractivity contribution in [2.75, 3.05) is 13.1 Å². The Bertz CT molecular complexity index is 1190. The van der Waals surface area contributed by atoms with E-state index in [4.69, 9.17) is 4.42 Å². The van der Waals surface area contributed by atoms with Crippen LogP contribution in [0, 0.1) is 0 Å². The van der Waals surface area contributed by atoms with Crippen LogP contribution in [-0.2, 0) is 11.0 Å². The molecule has 2 heterocycles. The molecule has 1 saturated heterocycles. The zero-order valence-electron chi connectivity index (χ0n) is 18.3. The summed E-state index contributed by atoms with van der Waals surface area (Å²) in [6.07, 6.45) is -0.258. The monoisotopic (exact) mass is 468 g/mol. The lowest BCUT2D eigenvalue weighted by Crippen LogP contribution is -2.41. The number of alkyl halides is 3. The van der Waals surface area contributed by atoms with E-state index in [1.807, 2.05) is 0 Å². The van der Waals surface area contributed by atoms with Crippen molar-refractivity contribution in [1.29, 1.82) is 0 Å². The Balaban J connectivity index is 1.63. The summed E-state index contributed by atoms with van der Waals surface area (Å²) < 4.78 is 44.9. The highest BCUT2D eigenvalue weighted by molar-refractivity contribution is 6.05. The molecule has 1 fully saturated rings. The molecule has 0 spiro atoms. The Morgan fingerprint density at radius 1 is 0.912 bits per heavy atom. The number of nitrogens with zero attached hydrogens (tertiary/aromatic N) is 1. The average molecular weight is 468 g/mol. The van der Waals surface area contributed by atoms with Gasteiger partial charge in [0.1, 0.15) is 17.2 Å². The topological polar surface area (TPSA) is 62.6 Å². The Labute approximate surface area is 194 Å². The van der Waals surface area contributed by atoms with Crippen molar-refractivity contribution >= 4 is 17.9 Å². The fraction of sp³-hybridized carbons (Fsp3) is 0.231. The van der Waals surface area contributed by atoms with Crippen LogP contribution in [0.15, 0.2) is 76.8 Å². The van der Waals surface area contributed by atoms with E-state index in [9.17, 15) is 22.8 Å². The maximum atomic E-state index is 13.2. The van der Waals surface area contributed by atoms with E-state index >= 15 is 0 Å². The summed E-state index contributed by atoms with van der Waals surface area (Å²) in [6, 6.07) is 16.4. The van der Waals surface area contributed by atoms with Crippen LogP contribution in [0.3, 0.4) is 0 Å². The van der Waals surface area contributed by atoms with Gasteiger partial charge in [-0.2, -0.15) is 13.2 Å². The molecule has 0 saturated carbocycles. The molecule has 8 heteroatoms. The van der Waals surface area contributed by atoms with Crippen molar-refractivity contribution < 1.29 is 27.2 Å². The second kappa shape index (κ2) is 9.99. The Hall–Kier alpha value is -3.81. The lowest BCUT2D eigenvalue weighted by Gasteiger charge is -2.27. The molecule has 0 radical (unpaired) electrons. The van der Waals surface area contributed by atoms with E-state index in [0.29, 0.717) is 18.7 Å². The van der Waals surface area contributed by atoms with E-state index in [0.717, 1.165) is 31.4 Å².